The molecule has 0 atom stereocenters. The number of cyclic esters (lactones) is 2. The molecule has 0 bridgehead atoms. The fraction of sp³-hybridized carbons (Fsp3) is 0.364. The van der Waals surface area contributed by atoms with Crippen LogP contribution in [0.2, 0.25) is 0 Å². The standard InChI is InChI=1S/C22H20F3NO3/c1-12-16(14-10-6-7-11-15(14)26(12)2)19(22(23,24)25)18-17(20(27)29-21(18)28)13-8-4-3-5-9-13/h6-7,10-11H,3-5,8-9H2,1-2H3/b19-18-. The maximum absolute atomic E-state index is 14.4. The zero-order chi connectivity index (χ0) is 20.9. The van der Waals surface area contributed by atoms with E-state index in [1.54, 1.807) is 42.8 Å². The molecule has 0 spiro atoms. The van der Waals surface area contributed by atoms with Gasteiger partial charge in [-0.2, -0.15) is 13.2 Å². The molecule has 1 aromatic carbocycles. The minimum atomic E-state index is -4.84. The van der Waals surface area contributed by atoms with Crippen LogP contribution in [0.4, 0.5) is 13.2 Å². The second-order valence-corrected chi connectivity index (χ2v) is 7.50. The van der Waals surface area contributed by atoms with E-state index >= 15 is 0 Å². The summed E-state index contributed by atoms with van der Waals surface area (Å²) in [6, 6.07) is 6.72. The predicted octanol–water partition coefficient (Wildman–Crippen LogP) is 5.15. The van der Waals surface area contributed by atoms with Gasteiger partial charge in [0.1, 0.15) is 0 Å². The Morgan fingerprint density at radius 3 is 2.34 bits per heavy atom. The lowest BCUT2D eigenvalue weighted by Gasteiger charge is -2.18. The minimum absolute atomic E-state index is 0.0776. The third-order valence-electron chi connectivity index (χ3n) is 5.84. The summed E-state index contributed by atoms with van der Waals surface area (Å²) >= 11 is 0. The molecule has 1 aliphatic heterocycles. The van der Waals surface area contributed by atoms with Crippen molar-refractivity contribution in [2.45, 2.75) is 45.2 Å². The zero-order valence-corrected chi connectivity index (χ0v) is 16.2. The number of hydrogen-bond acceptors (Lipinski definition) is 3. The molecular formula is C22H20F3NO3. The van der Waals surface area contributed by atoms with Crippen molar-refractivity contribution < 1.29 is 27.5 Å². The normalized spacial score (nSPS) is 19.9. The van der Waals surface area contributed by atoms with E-state index in [0.717, 1.165) is 19.3 Å². The van der Waals surface area contributed by atoms with Crippen LogP contribution < -0.4 is 0 Å². The third kappa shape index (κ3) is 3.09. The number of esters is 2. The molecule has 0 N–H and O–H groups in total. The van der Waals surface area contributed by atoms with Crippen molar-refractivity contribution in [3.8, 4) is 0 Å². The van der Waals surface area contributed by atoms with Crippen molar-refractivity contribution in [2.24, 2.45) is 7.05 Å². The maximum atomic E-state index is 14.4. The van der Waals surface area contributed by atoms with Gasteiger partial charge in [-0.25, -0.2) is 9.59 Å². The van der Waals surface area contributed by atoms with Crippen molar-refractivity contribution in [3.63, 3.8) is 0 Å². The van der Waals surface area contributed by atoms with Gasteiger partial charge in [0, 0.05) is 29.2 Å². The van der Waals surface area contributed by atoms with Gasteiger partial charge in [-0.05, 0) is 38.7 Å². The molecule has 4 nitrogen and oxygen atoms in total. The Hall–Kier alpha value is -2.83. The monoisotopic (exact) mass is 403 g/mol. The first kappa shape index (κ1) is 19.5. The quantitative estimate of drug-likeness (QED) is 0.376. The van der Waals surface area contributed by atoms with Crippen LogP contribution in [0.3, 0.4) is 0 Å². The Bertz CT molecular complexity index is 1090. The van der Waals surface area contributed by atoms with Crippen LogP contribution >= 0.6 is 0 Å². The number of aromatic nitrogens is 1. The topological polar surface area (TPSA) is 48.3 Å². The number of hydrogen-bond donors (Lipinski definition) is 0. The number of carbonyl (C=O) groups excluding carboxylic acids is 2. The lowest BCUT2D eigenvalue weighted by Crippen LogP contribution is -2.17. The van der Waals surface area contributed by atoms with Gasteiger partial charge >= 0.3 is 18.1 Å². The Balaban J connectivity index is 2.12. The summed E-state index contributed by atoms with van der Waals surface area (Å²) < 4.78 is 49.6. The number of para-hydroxylation sites is 1. The molecule has 1 aromatic heterocycles. The highest BCUT2D eigenvalue weighted by Gasteiger charge is 2.48. The summed E-state index contributed by atoms with van der Waals surface area (Å²) in [5.41, 5.74) is -0.421. The van der Waals surface area contributed by atoms with Crippen LogP contribution in [0, 0.1) is 6.92 Å². The highest BCUT2D eigenvalue weighted by atomic mass is 19.4. The molecule has 0 unspecified atom stereocenters. The molecule has 0 amide bonds. The van der Waals surface area contributed by atoms with E-state index in [1.165, 1.54) is 0 Å². The number of halogens is 3. The van der Waals surface area contributed by atoms with Gasteiger partial charge in [0.15, 0.2) is 0 Å². The van der Waals surface area contributed by atoms with E-state index in [4.69, 9.17) is 4.74 Å². The molecule has 2 aliphatic rings. The van der Waals surface area contributed by atoms with Crippen LogP contribution in [-0.4, -0.2) is 22.7 Å². The van der Waals surface area contributed by atoms with Gasteiger partial charge < -0.3 is 9.30 Å². The smallest absolute Gasteiger partial charge is 0.386 e. The van der Waals surface area contributed by atoms with Gasteiger partial charge in [-0.3, -0.25) is 0 Å². The molecule has 7 heteroatoms. The first-order valence-electron chi connectivity index (χ1n) is 9.56. The number of benzene rings is 1. The molecule has 1 aliphatic carbocycles. The Morgan fingerprint density at radius 1 is 1.03 bits per heavy atom. The minimum Gasteiger partial charge on any atom is -0.386 e. The van der Waals surface area contributed by atoms with Crippen LogP contribution in [-0.2, 0) is 21.4 Å². The van der Waals surface area contributed by atoms with Gasteiger partial charge in [0.2, 0.25) is 0 Å². The number of fused-ring (bicyclic) bond motifs is 1. The number of allylic oxidation sites excluding steroid dienone is 2. The number of ether oxygens (including phenoxy) is 1. The van der Waals surface area contributed by atoms with Crippen LogP contribution in [0.25, 0.3) is 16.5 Å². The van der Waals surface area contributed by atoms with Crippen molar-refractivity contribution in [3.05, 3.63) is 52.2 Å². The molecule has 4 rings (SSSR count). The molecular weight excluding hydrogens is 383 g/mol. The fourth-order valence-electron chi connectivity index (χ4n) is 4.41. The molecule has 2 fully saturated rings. The Labute approximate surface area is 165 Å². The summed E-state index contributed by atoms with van der Waals surface area (Å²) in [6.07, 6.45) is -1.33. The number of carbonyl (C=O) groups is 2. The van der Waals surface area contributed by atoms with Crippen molar-refractivity contribution in [1.29, 1.82) is 0 Å². The largest absolute Gasteiger partial charge is 0.417 e. The number of aryl methyl sites for hydroxylation is 1. The summed E-state index contributed by atoms with van der Waals surface area (Å²) in [4.78, 5) is 24.9. The molecule has 29 heavy (non-hydrogen) atoms. The average Bonchev–Trinajstić information content (AvgIpc) is 3.10. The van der Waals surface area contributed by atoms with Crippen LogP contribution in [0.5, 0.6) is 0 Å². The van der Waals surface area contributed by atoms with Crippen LogP contribution in [0.1, 0.15) is 43.4 Å². The first-order valence-corrected chi connectivity index (χ1v) is 9.56. The number of nitrogens with zero attached hydrogens (tertiary/aromatic N) is 1. The summed E-state index contributed by atoms with van der Waals surface area (Å²) in [7, 11) is 1.68. The van der Waals surface area contributed by atoms with Gasteiger partial charge in [0.25, 0.3) is 0 Å². The Kier molecular flexibility index (Phi) is 4.63. The lowest BCUT2D eigenvalue weighted by molar-refractivity contribution is -0.150. The van der Waals surface area contributed by atoms with Crippen molar-refractivity contribution >= 4 is 28.4 Å². The summed E-state index contributed by atoms with van der Waals surface area (Å²) in [5, 5.41) is 0.382. The second kappa shape index (κ2) is 6.90. The first-order chi connectivity index (χ1) is 13.7. The molecule has 2 heterocycles. The van der Waals surface area contributed by atoms with E-state index in [0.29, 0.717) is 35.0 Å². The number of alkyl halides is 3. The fourth-order valence-corrected chi connectivity index (χ4v) is 4.41. The molecule has 1 saturated heterocycles. The van der Waals surface area contributed by atoms with E-state index in [-0.39, 0.29) is 11.1 Å². The SMILES string of the molecule is Cc1c(/C(=C2/C(=O)OC(=O)C2=C2CCCCC2)C(F)(F)F)c2ccccc2n1C. The molecule has 1 saturated carbocycles. The average molecular weight is 403 g/mol. The molecule has 0 radical (unpaired) electrons. The van der Waals surface area contributed by atoms with Crippen molar-refractivity contribution in [1.82, 2.24) is 4.57 Å². The third-order valence-corrected chi connectivity index (χ3v) is 5.84. The van der Waals surface area contributed by atoms with Gasteiger partial charge in [-0.15, -0.1) is 0 Å². The highest BCUT2D eigenvalue weighted by molar-refractivity contribution is 6.23. The Morgan fingerprint density at radius 2 is 1.69 bits per heavy atom. The van der Waals surface area contributed by atoms with E-state index in [9.17, 15) is 22.8 Å². The summed E-state index contributed by atoms with van der Waals surface area (Å²) in [5.74, 6) is -2.19. The van der Waals surface area contributed by atoms with Crippen LogP contribution in [0.15, 0.2) is 41.0 Å². The second-order valence-electron chi connectivity index (χ2n) is 7.50. The lowest BCUT2D eigenvalue weighted by atomic mass is 9.85. The van der Waals surface area contributed by atoms with Gasteiger partial charge in [-0.1, -0.05) is 30.2 Å². The maximum Gasteiger partial charge on any atom is 0.417 e. The summed E-state index contributed by atoms with van der Waals surface area (Å²) in [6.45, 7) is 1.58. The molecule has 152 valence electrons. The predicted molar refractivity (Wildman–Crippen MR) is 102 cm³/mol. The van der Waals surface area contributed by atoms with Crippen molar-refractivity contribution in [2.75, 3.05) is 0 Å². The number of rotatable bonds is 1. The zero-order valence-electron chi connectivity index (χ0n) is 16.2. The highest BCUT2D eigenvalue weighted by Crippen LogP contribution is 2.46. The van der Waals surface area contributed by atoms with E-state index in [2.05, 4.69) is 0 Å². The van der Waals surface area contributed by atoms with E-state index in [1.807, 2.05) is 0 Å². The van der Waals surface area contributed by atoms with E-state index < -0.39 is 29.3 Å². The van der Waals surface area contributed by atoms with Gasteiger partial charge in [0.05, 0.1) is 16.7 Å². The molecule has 2 aromatic rings.